The number of nitriles is 1. The summed E-state index contributed by atoms with van der Waals surface area (Å²) in [5, 5.41) is 13.1. The minimum absolute atomic E-state index is 0.0545. The maximum absolute atomic E-state index is 13.4. The summed E-state index contributed by atoms with van der Waals surface area (Å²) in [4.78, 5) is 41.0. The SMILES string of the molecule is Cc1cc(/C=C2/C(=O)NC(=O)N(c3ccc4c(c3)OCO4)C2=O)c(C)n1-c1sc2c(c1C#N)CCCC2. The molecule has 37 heavy (non-hydrogen) atoms. The molecule has 1 saturated heterocycles. The molecular formula is C27H22N4O5S. The number of urea groups is 1. The number of amides is 4. The zero-order valence-corrected chi connectivity index (χ0v) is 21.0. The average molecular weight is 515 g/mol. The van der Waals surface area contributed by atoms with Crippen molar-refractivity contribution >= 4 is 40.9 Å². The van der Waals surface area contributed by atoms with Gasteiger partial charge in [0.05, 0.1) is 11.3 Å². The molecule has 0 atom stereocenters. The van der Waals surface area contributed by atoms with Gasteiger partial charge in [-0.05, 0) is 74.9 Å². The van der Waals surface area contributed by atoms with Gasteiger partial charge < -0.3 is 14.0 Å². The van der Waals surface area contributed by atoms with E-state index >= 15 is 0 Å². The number of benzene rings is 1. The molecule has 1 N–H and O–H groups in total. The number of hydrogen-bond acceptors (Lipinski definition) is 7. The number of fused-ring (bicyclic) bond motifs is 2. The molecule has 0 unspecified atom stereocenters. The molecular weight excluding hydrogens is 492 g/mol. The van der Waals surface area contributed by atoms with Crippen molar-refractivity contribution in [1.29, 1.82) is 5.26 Å². The Labute approximate surface area is 216 Å². The summed E-state index contributed by atoms with van der Waals surface area (Å²) in [7, 11) is 0. The van der Waals surface area contributed by atoms with Crippen molar-refractivity contribution in [3.05, 3.63) is 62.8 Å². The minimum atomic E-state index is -0.834. The summed E-state index contributed by atoms with van der Waals surface area (Å²) in [5.74, 6) is -0.571. The minimum Gasteiger partial charge on any atom is -0.454 e. The lowest BCUT2D eigenvalue weighted by Gasteiger charge is -2.26. The average Bonchev–Trinajstić information content (AvgIpc) is 3.56. The number of anilines is 1. The van der Waals surface area contributed by atoms with Crippen LogP contribution < -0.4 is 19.7 Å². The molecule has 0 radical (unpaired) electrons. The predicted octanol–water partition coefficient (Wildman–Crippen LogP) is 4.30. The fourth-order valence-electron chi connectivity index (χ4n) is 5.14. The number of aromatic nitrogens is 1. The molecule has 3 aliphatic rings. The number of nitrogens with zero attached hydrogens (tertiary/aromatic N) is 3. The van der Waals surface area contributed by atoms with Crippen LogP contribution in [0.5, 0.6) is 11.5 Å². The number of aryl methyl sites for hydroxylation is 2. The van der Waals surface area contributed by atoms with E-state index in [1.165, 1.54) is 17.0 Å². The second kappa shape index (κ2) is 8.64. The van der Waals surface area contributed by atoms with Crippen molar-refractivity contribution in [2.24, 2.45) is 0 Å². The van der Waals surface area contributed by atoms with Crippen molar-refractivity contribution in [2.45, 2.75) is 39.5 Å². The van der Waals surface area contributed by atoms with E-state index in [9.17, 15) is 19.6 Å². The topological polar surface area (TPSA) is 114 Å². The standard InChI is InChI=1S/C27H22N4O5S/c1-14-9-16(15(2)30(14)26-20(12-28)18-5-3-4-6-23(18)37-26)10-19-24(32)29-27(34)31(25(19)33)17-7-8-21-22(11-17)36-13-35-21/h7-11H,3-6,13H2,1-2H3,(H,29,32,34)/b19-10-. The van der Waals surface area contributed by atoms with Gasteiger partial charge in [0, 0.05) is 22.3 Å². The van der Waals surface area contributed by atoms with Crippen molar-refractivity contribution < 1.29 is 23.9 Å². The summed E-state index contributed by atoms with van der Waals surface area (Å²) < 4.78 is 12.7. The fraction of sp³-hybridized carbons (Fsp3) is 0.259. The monoisotopic (exact) mass is 514 g/mol. The second-order valence-electron chi connectivity index (χ2n) is 9.16. The number of ether oxygens (including phenoxy) is 2. The number of rotatable bonds is 3. The highest BCUT2D eigenvalue weighted by molar-refractivity contribution is 7.15. The van der Waals surface area contributed by atoms with Crippen LogP contribution in [0.1, 0.15) is 45.8 Å². The smallest absolute Gasteiger partial charge is 0.335 e. The summed E-state index contributed by atoms with van der Waals surface area (Å²) in [6.07, 6.45) is 5.58. The van der Waals surface area contributed by atoms with Gasteiger partial charge in [0.2, 0.25) is 6.79 Å². The molecule has 186 valence electrons. The van der Waals surface area contributed by atoms with E-state index in [0.717, 1.165) is 52.5 Å². The van der Waals surface area contributed by atoms with Crippen molar-refractivity contribution in [2.75, 3.05) is 11.7 Å². The fourth-order valence-corrected chi connectivity index (χ4v) is 6.59. The number of imide groups is 2. The molecule has 0 spiro atoms. The first-order chi connectivity index (χ1) is 17.9. The molecule has 2 aromatic heterocycles. The third kappa shape index (κ3) is 3.62. The first-order valence-corrected chi connectivity index (χ1v) is 12.7. The maximum Gasteiger partial charge on any atom is 0.335 e. The first kappa shape index (κ1) is 23.1. The summed E-state index contributed by atoms with van der Waals surface area (Å²) in [6.45, 7) is 3.88. The van der Waals surface area contributed by atoms with Gasteiger partial charge in [-0.1, -0.05) is 0 Å². The molecule has 3 aromatic rings. The lowest BCUT2D eigenvalue weighted by molar-refractivity contribution is -0.122. The van der Waals surface area contributed by atoms with Crippen molar-refractivity contribution in [3.8, 4) is 22.6 Å². The Kier molecular flexibility index (Phi) is 5.38. The summed E-state index contributed by atoms with van der Waals surface area (Å²) in [6, 6.07) is 8.15. The molecule has 0 bridgehead atoms. The van der Waals surface area contributed by atoms with E-state index in [0.29, 0.717) is 22.6 Å². The third-order valence-electron chi connectivity index (χ3n) is 6.95. The Balaban J connectivity index is 1.40. The summed E-state index contributed by atoms with van der Waals surface area (Å²) in [5.41, 5.74) is 4.28. The van der Waals surface area contributed by atoms with Gasteiger partial charge in [-0.25, -0.2) is 9.69 Å². The summed E-state index contributed by atoms with van der Waals surface area (Å²) >= 11 is 1.63. The highest BCUT2D eigenvalue weighted by Gasteiger charge is 2.38. The van der Waals surface area contributed by atoms with E-state index in [1.807, 2.05) is 24.5 Å². The van der Waals surface area contributed by atoms with E-state index in [-0.39, 0.29) is 18.1 Å². The molecule has 1 fully saturated rings. The maximum atomic E-state index is 13.4. The van der Waals surface area contributed by atoms with E-state index in [2.05, 4.69) is 11.4 Å². The zero-order valence-electron chi connectivity index (χ0n) is 20.2. The van der Waals surface area contributed by atoms with Gasteiger partial charge in [-0.15, -0.1) is 11.3 Å². The first-order valence-electron chi connectivity index (χ1n) is 11.9. The van der Waals surface area contributed by atoms with Gasteiger partial charge in [0.25, 0.3) is 11.8 Å². The van der Waals surface area contributed by atoms with Crippen LogP contribution in [-0.4, -0.2) is 29.2 Å². The van der Waals surface area contributed by atoms with Gasteiger partial charge in [0.15, 0.2) is 11.5 Å². The zero-order chi connectivity index (χ0) is 25.8. The Morgan fingerprint density at radius 2 is 1.86 bits per heavy atom. The molecule has 9 nitrogen and oxygen atoms in total. The highest BCUT2D eigenvalue weighted by atomic mass is 32.1. The lowest BCUT2D eigenvalue weighted by Crippen LogP contribution is -2.54. The van der Waals surface area contributed by atoms with Crippen LogP contribution in [0.2, 0.25) is 0 Å². The van der Waals surface area contributed by atoms with Gasteiger partial charge in [-0.2, -0.15) is 5.26 Å². The third-order valence-corrected chi connectivity index (χ3v) is 8.23. The number of nitrogens with one attached hydrogen (secondary N) is 1. The number of thiophene rings is 1. The van der Waals surface area contributed by atoms with Crippen LogP contribution in [0.15, 0.2) is 29.8 Å². The molecule has 1 aliphatic carbocycles. The van der Waals surface area contributed by atoms with Gasteiger partial charge in [-0.3, -0.25) is 14.9 Å². The van der Waals surface area contributed by atoms with Gasteiger partial charge in [0.1, 0.15) is 16.6 Å². The largest absolute Gasteiger partial charge is 0.454 e. The van der Waals surface area contributed by atoms with E-state index in [1.54, 1.807) is 23.5 Å². The van der Waals surface area contributed by atoms with Crippen LogP contribution in [0.3, 0.4) is 0 Å². The lowest BCUT2D eigenvalue weighted by atomic mass is 9.96. The quantitative estimate of drug-likeness (QED) is 0.412. The van der Waals surface area contributed by atoms with Crippen LogP contribution in [0.4, 0.5) is 10.5 Å². The number of hydrogen-bond donors (Lipinski definition) is 1. The van der Waals surface area contributed by atoms with Crippen LogP contribution >= 0.6 is 11.3 Å². The van der Waals surface area contributed by atoms with Crippen molar-refractivity contribution in [3.63, 3.8) is 0 Å². The number of barbiturate groups is 1. The van der Waals surface area contributed by atoms with Crippen LogP contribution in [0.25, 0.3) is 11.1 Å². The van der Waals surface area contributed by atoms with Crippen LogP contribution in [-0.2, 0) is 22.4 Å². The van der Waals surface area contributed by atoms with E-state index in [4.69, 9.17) is 9.47 Å². The number of carbonyl (C=O) groups is 3. The Morgan fingerprint density at radius 3 is 2.68 bits per heavy atom. The Bertz CT molecular complexity index is 1590. The molecule has 10 heteroatoms. The molecule has 2 aliphatic heterocycles. The van der Waals surface area contributed by atoms with Gasteiger partial charge >= 0.3 is 6.03 Å². The number of carbonyl (C=O) groups excluding carboxylic acids is 3. The normalized spacial score (nSPS) is 17.7. The Hall–Kier alpha value is -4.36. The second-order valence-corrected chi connectivity index (χ2v) is 10.2. The van der Waals surface area contributed by atoms with Crippen LogP contribution in [0, 0.1) is 25.2 Å². The van der Waals surface area contributed by atoms with Crippen molar-refractivity contribution in [1.82, 2.24) is 9.88 Å². The Morgan fingerprint density at radius 1 is 1.08 bits per heavy atom. The molecule has 4 amide bonds. The predicted molar refractivity (Wildman–Crippen MR) is 136 cm³/mol. The molecule has 6 rings (SSSR count). The highest BCUT2D eigenvalue weighted by Crippen LogP contribution is 2.39. The van der Waals surface area contributed by atoms with E-state index < -0.39 is 17.8 Å². The molecule has 0 saturated carbocycles. The molecule has 1 aromatic carbocycles. The molecule has 4 heterocycles.